The number of benzene rings is 2. The Morgan fingerprint density at radius 1 is 1.03 bits per heavy atom. The summed E-state index contributed by atoms with van der Waals surface area (Å²) < 4.78 is 34.8. The molecule has 1 aliphatic rings. The van der Waals surface area contributed by atoms with Gasteiger partial charge in [0, 0.05) is 31.9 Å². The van der Waals surface area contributed by atoms with Gasteiger partial charge in [0.15, 0.2) is 5.16 Å². The fourth-order valence-electron chi connectivity index (χ4n) is 3.77. The van der Waals surface area contributed by atoms with Crippen molar-refractivity contribution in [1.82, 2.24) is 18.8 Å². The highest BCUT2D eigenvalue weighted by molar-refractivity contribution is 7.98. The topological polar surface area (TPSA) is 84.7 Å². The number of hydrogen-bond acceptors (Lipinski definition) is 6. The van der Waals surface area contributed by atoms with Crippen LogP contribution in [0.15, 0.2) is 70.8 Å². The van der Waals surface area contributed by atoms with Crippen molar-refractivity contribution in [2.24, 2.45) is 0 Å². The number of para-hydroxylation sites is 1. The number of thioether (sulfide) groups is 1. The van der Waals surface area contributed by atoms with E-state index in [2.05, 4.69) is 4.98 Å². The molecule has 0 radical (unpaired) electrons. The SMILES string of the molecule is CCOc1ccc(S(=O)(=O)N2CCN(C(=O)c3cnc(SC)n3-c3ccccc3)CC2)cc1. The zero-order valence-corrected chi connectivity index (χ0v) is 20.2. The number of amides is 1. The Bertz CT molecular complexity index is 1200. The minimum atomic E-state index is -3.64. The molecule has 0 bridgehead atoms. The number of nitrogens with zero attached hydrogens (tertiary/aromatic N) is 4. The molecule has 2 heterocycles. The molecule has 33 heavy (non-hydrogen) atoms. The molecule has 8 nitrogen and oxygen atoms in total. The number of aromatic nitrogens is 2. The summed E-state index contributed by atoms with van der Waals surface area (Å²) in [5.74, 6) is 0.469. The molecule has 0 atom stereocenters. The van der Waals surface area contributed by atoms with Crippen LogP contribution in [0.25, 0.3) is 5.69 Å². The fourth-order valence-corrected chi connectivity index (χ4v) is 5.74. The van der Waals surface area contributed by atoms with Crippen LogP contribution in [0, 0.1) is 0 Å². The molecule has 1 amide bonds. The summed E-state index contributed by atoms with van der Waals surface area (Å²) in [6, 6.07) is 16.0. The Balaban J connectivity index is 1.48. The van der Waals surface area contributed by atoms with Crippen LogP contribution < -0.4 is 4.74 Å². The van der Waals surface area contributed by atoms with Gasteiger partial charge in [0.2, 0.25) is 10.0 Å². The molecule has 174 valence electrons. The fraction of sp³-hybridized carbons (Fsp3) is 0.304. The van der Waals surface area contributed by atoms with Crippen LogP contribution in [-0.2, 0) is 10.0 Å². The molecule has 1 fully saturated rings. The molecule has 0 unspecified atom stereocenters. The number of hydrogen-bond donors (Lipinski definition) is 0. The number of carbonyl (C=O) groups is 1. The highest BCUT2D eigenvalue weighted by atomic mass is 32.2. The second kappa shape index (κ2) is 9.98. The van der Waals surface area contributed by atoms with Gasteiger partial charge in [0.25, 0.3) is 5.91 Å². The zero-order valence-electron chi connectivity index (χ0n) is 18.5. The summed E-state index contributed by atoms with van der Waals surface area (Å²) in [5.41, 5.74) is 1.33. The first-order valence-electron chi connectivity index (χ1n) is 10.6. The second-order valence-corrected chi connectivity index (χ2v) is 10.1. The third kappa shape index (κ3) is 4.78. The largest absolute Gasteiger partial charge is 0.494 e. The molecule has 1 saturated heterocycles. The molecule has 0 spiro atoms. The summed E-state index contributed by atoms with van der Waals surface area (Å²) in [4.78, 5) is 19.6. The van der Waals surface area contributed by atoms with Gasteiger partial charge in [-0.15, -0.1) is 0 Å². The van der Waals surface area contributed by atoms with Crippen LogP contribution in [0.4, 0.5) is 0 Å². The molecule has 0 N–H and O–H groups in total. The third-order valence-electron chi connectivity index (χ3n) is 5.44. The Morgan fingerprint density at radius 2 is 1.70 bits per heavy atom. The van der Waals surface area contributed by atoms with E-state index in [4.69, 9.17) is 4.74 Å². The Morgan fingerprint density at radius 3 is 2.30 bits per heavy atom. The van der Waals surface area contributed by atoms with Gasteiger partial charge < -0.3 is 9.64 Å². The van der Waals surface area contributed by atoms with Crippen molar-refractivity contribution in [2.75, 3.05) is 39.0 Å². The van der Waals surface area contributed by atoms with E-state index in [1.54, 1.807) is 35.4 Å². The number of ether oxygens (including phenoxy) is 1. The highest BCUT2D eigenvalue weighted by Crippen LogP contribution is 2.24. The predicted octanol–water partition coefficient (Wildman–Crippen LogP) is 3.14. The molecule has 0 aliphatic carbocycles. The van der Waals surface area contributed by atoms with Gasteiger partial charge in [-0.1, -0.05) is 30.0 Å². The molecule has 1 aliphatic heterocycles. The van der Waals surface area contributed by atoms with Crippen LogP contribution in [0.2, 0.25) is 0 Å². The number of imidazole rings is 1. The van der Waals surface area contributed by atoms with Crippen molar-refractivity contribution in [3.8, 4) is 11.4 Å². The van der Waals surface area contributed by atoms with E-state index < -0.39 is 10.0 Å². The van der Waals surface area contributed by atoms with Gasteiger partial charge in [-0.05, 0) is 49.6 Å². The van der Waals surface area contributed by atoms with Gasteiger partial charge in [-0.3, -0.25) is 9.36 Å². The molecule has 4 rings (SSSR count). The van der Waals surface area contributed by atoms with E-state index in [0.29, 0.717) is 31.1 Å². The average Bonchev–Trinajstić information content (AvgIpc) is 3.29. The van der Waals surface area contributed by atoms with E-state index in [1.165, 1.54) is 16.1 Å². The minimum absolute atomic E-state index is 0.162. The van der Waals surface area contributed by atoms with Crippen LogP contribution in [0.3, 0.4) is 0 Å². The smallest absolute Gasteiger partial charge is 0.272 e. The van der Waals surface area contributed by atoms with Gasteiger partial charge in [0.1, 0.15) is 11.4 Å². The standard InChI is InChI=1S/C23H26N4O4S2/c1-3-31-19-9-11-20(12-10-19)33(29,30)26-15-13-25(14-16-26)22(28)21-17-24-23(32-2)27(21)18-7-5-4-6-8-18/h4-12,17H,3,13-16H2,1-2H3. The lowest BCUT2D eigenvalue weighted by Gasteiger charge is -2.34. The van der Waals surface area contributed by atoms with E-state index in [1.807, 2.05) is 48.1 Å². The Kier molecular flexibility index (Phi) is 7.06. The van der Waals surface area contributed by atoms with Crippen LogP contribution in [-0.4, -0.2) is 72.1 Å². The van der Waals surface area contributed by atoms with Crippen molar-refractivity contribution in [2.45, 2.75) is 17.0 Å². The van der Waals surface area contributed by atoms with Crippen molar-refractivity contribution >= 4 is 27.7 Å². The normalized spacial score (nSPS) is 14.9. The minimum Gasteiger partial charge on any atom is -0.494 e. The predicted molar refractivity (Wildman–Crippen MR) is 128 cm³/mol. The van der Waals surface area contributed by atoms with E-state index in [0.717, 1.165) is 10.8 Å². The lowest BCUT2D eigenvalue weighted by molar-refractivity contribution is 0.0689. The Hall–Kier alpha value is -2.82. The van der Waals surface area contributed by atoms with Crippen molar-refractivity contribution < 1.29 is 17.9 Å². The molecular weight excluding hydrogens is 460 g/mol. The molecule has 0 saturated carbocycles. The quantitative estimate of drug-likeness (QED) is 0.477. The first-order valence-corrected chi connectivity index (χ1v) is 13.3. The van der Waals surface area contributed by atoms with E-state index >= 15 is 0 Å². The lowest BCUT2D eigenvalue weighted by Crippen LogP contribution is -2.50. The summed E-state index contributed by atoms with van der Waals surface area (Å²) in [5, 5.41) is 0.723. The maximum Gasteiger partial charge on any atom is 0.272 e. The molecule has 2 aromatic carbocycles. The molecule has 3 aromatic rings. The monoisotopic (exact) mass is 486 g/mol. The first kappa shape index (κ1) is 23.3. The van der Waals surface area contributed by atoms with E-state index in [-0.39, 0.29) is 23.9 Å². The average molecular weight is 487 g/mol. The number of carbonyl (C=O) groups excluding carboxylic acids is 1. The van der Waals surface area contributed by atoms with Gasteiger partial charge in [-0.2, -0.15) is 4.31 Å². The third-order valence-corrected chi connectivity index (χ3v) is 8.01. The van der Waals surface area contributed by atoms with Crippen LogP contribution in [0.1, 0.15) is 17.4 Å². The number of rotatable bonds is 7. The molecule has 1 aromatic heterocycles. The molecule has 10 heteroatoms. The summed E-state index contributed by atoms with van der Waals surface area (Å²) >= 11 is 1.47. The maximum absolute atomic E-state index is 13.3. The van der Waals surface area contributed by atoms with Crippen molar-refractivity contribution in [3.63, 3.8) is 0 Å². The lowest BCUT2D eigenvalue weighted by atomic mass is 10.3. The van der Waals surface area contributed by atoms with E-state index in [9.17, 15) is 13.2 Å². The van der Waals surface area contributed by atoms with Crippen LogP contribution in [0.5, 0.6) is 5.75 Å². The zero-order chi connectivity index (χ0) is 23.4. The summed E-state index contributed by atoms with van der Waals surface area (Å²) in [6.07, 6.45) is 3.50. The molecular formula is C23H26N4O4S2. The summed E-state index contributed by atoms with van der Waals surface area (Å²) in [6.45, 7) is 3.48. The first-order chi connectivity index (χ1) is 16.0. The van der Waals surface area contributed by atoms with Crippen LogP contribution >= 0.6 is 11.8 Å². The summed E-state index contributed by atoms with van der Waals surface area (Å²) in [7, 11) is -3.64. The maximum atomic E-state index is 13.3. The van der Waals surface area contributed by atoms with Gasteiger partial charge >= 0.3 is 0 Å². The van der Waals surface area contributed by atoms with Crippen molar-refractivity contribution in [3.05, 3.63) is 66.5 Å². The number of piperazine rings is 1. The van der Waals surface area contributed by atoms with Crippen molar-refractivity contribution in [1.29, 1.82) is 0 Å². The highest BCUT2D eigenvalue weighted by Gasteiger charge is 2.32. The Labute approximate surface area is 198 Å². The number of sulfonamides is 1. The van der Waals surface area contributed by atoms with Gasteiger partial charge in [0.05, 0.1) is 17.7 Å². The second-order valence-electron chi connectivity index (χ2n) is 7.40. The van der Waals surface area contributed by atoms with Gasteiger partial charge in [-0.25, -0.2) is 13.4 Å².